The van der Waals surface area contributed by atoms with Crippen molar-refractivity contribution in [1.29, 1.82) is 0 Å². The number of nitrogens with zero attached hydrogens (tertiary/aromatic N) is 2. The van der Waals surface area contributed by atoms with Crippen LogP contribution in [0.25, 0.3) is 10.8 Å². The van der Waals surface area contributed by atoms with Gasteiger partial charge in [0.15, 0.2) is 0 Å². The minimum absolute atomic E-state index is 0.245. The third kappa shape index (κ3) is 9.14. The average Bonchev–Trinajstić information content (AvgIpc) is 3.46. The smallest absolute Gasteiger partial charge is 0.416 e. The van der Waals surface area contributed by atoms with Crippen LogP contribution in [0, 0.1) is 0 Å². The molecule has 1 aliphatic carbocycles. The summed E-state index contributed by atoms with van der Waals surface area (Å²) in [5.74, 6) is 0.724. The van der Waals surface area contributed by atoms with Crippen molar-refractivity contribution in [3.63, 3.8) is 0 Å². The Balaban J connectivity index is 0.000000681. The fourth-order valence-corrected chi connectivity index (χ4v) is 5.82. The summed E-state index contributed by atoms with van der Waals surface area (Å²) in [6, 6.07) is 18.6. The van der Waals surface area contributed by atoms with E-state index in [1.54, 1.807) is 24.1 Å². The molecule has 3 aromatic rings. The SMILES string of the molecule is COC(C)=O.FC(F)(F)c1ccc(CCN2CCN(Sc3ccc4cc(OC5CCCC5)ccc4c3)CC2)cc1. The quantitative estimate of drug-likeness (QED) is 0.219. The highest BCUT2D eigenvalue weighted by Gasteiger charge is 2.30. The Bertz CT molecular complexity index is 1240. The summed E-state index contributed by atoms with van der Waals surface area (Å²) in [5.41, 5.74) is 0.362. The van der Waals surface area contributed by atoms with Crippen LogP contribution in [-0.4, -0.2) is 61.1 Å². The van der Waals surface area contributed by atoms with Gasteiger partial charge < -0.3 is 14.4 Å². The fourth-order valence-electron chi connectivity index (χ4n) is 4.87. The number of carbonyl (C=O) groups excluding carboxylic acids is 1. The van der Waals surface area contributed by atoms with Crippen molar-refractivity contribution in [2.24, 2.45) is 0 Å². The Labute approximate surface area is 238 Å². The molecule has 0 radical (unpaired) electrons. The molecule has 1 saturated heterocycles. The number of benzene rings is 3. The van der Waals surface area contributed by atoms with Gasteiger partial charge >= 0.3 is 12.1 Å². The Morgan fingerprint density at radius 1 is 0.925 bits per heavy atom. The number of ether oxygens (including phenoxy) is 2. The summed E-state index contributed by atoms with van der Waals surface area (Å²) in [6.07, 6.45) is 1.73. The summed E-state index contributed by atoms with van der Waals surface area (Å²) in [6.45, 7) is 6.07. The van der Waals surface area contributed by atoms with E-state index < -0.39 is 11.7 Å². The maximum atomic E-state index is 12.7. The highest BCUT2D eigenvalue weighted by Crippen LogP contribution is 2.31. The van der Waals surface area contributed by atoms with E-state index in [1.165, 1.54) is 54.7 Å². The highest BCUT2D eigenvalue weighted by atomic mass is 32.2. The molecule has 0 aromatic heterocycles. The predicted octanol–water partition coefficient (Wildman–Crippen LogP) is 7.23. The predicted molar refractivity (Wildman–Crippen MR) is 154 cm³/mol. The monoisotopic (exact) mass is 574 g/mol. The van der Waals surface area contributed by atoms with Gasteiger partial charge in [-0.25, -0.2) is 4.31 Å². The highest BCUT2D eigenvalue weighted by molar-refractivity contribution is 7.97. The lowest BCUT2D eigenvalue weighted by molar-refractivity contribution is -0.138. The largest absolute Gasteiger partial charge is 0.490 e. The zero-order valence-corrected chi connectivity index (χ0v) is 23.9. The Morgan fingerprint density at radius 3 is 2.17 bits per heavy atom. The number of rotatable bonds is 7. The number of hydrogen-bond acceptors (Lipinski definition) is 6. The Hall–Kier alpha value is -2.75. The van der Waals surface area contributed by atoms with Crippen LogP contribution in [0.5, 0.6) is 5.75 Å². The summed E-state index contributed by atoms with van der Waals surface area (Å²) >= 11 is 1.80. The Morgan fingerprint density at radius 2 is 1.55 bits per heavy atom. The zero-order valence-electron chi connectivity index (χ0n) is 23.1. The topological polar surface area (TPSA) is 42.0 Å². The van der Waals surface area contributed by atoms with Crippen molar-refractivity contribution in [2.45, 2.75) is 56.2 Å². The number of hydrogen-bond donors (Lipinski definition) is 0. The zero-order chi connectivity index (χ0) is 28.5. The standard InChI is InChI=1S/C28H31F3N2OS.C3H6O2/c29-28(30,31)24-9-5-21(6-10-24)13-14-32-15-17-33(18-16-32)35-27-12-8-22-19-26(11-7-23(22)20-27)34-25-3-1-2-4-25;1-3(4)5-2/h5-12,19-20,25H,1-4,13-18H2;1-2H3. The fraction of sp³-hybridized carbons (Fsp3) is 0.452. The molecule has 216 valence electrons. The number of piperazine rings is 1. The first-order valence-electron chi connectivity index (χ1n) is 13.8. The molecule has 0 atom stereocenters. The third-order valence-electron chi connectivity index (χ3n) is 7.24. The van der Waals surface area contributed by atoms with Crippen LogP contribution in [-0.2, 0) is 22.1 Å². The second-order valence-electron chi connectivity index (χ2n) is 10.2. The number of alkyl halides is 3. The maximum absolute atomic E-state index is 12.7. The molecule has 1 saturated carbocycles. The van der Waals surface area contributed by atoms with Crippen LogP contribution in [0.4, 0.5) is 13.2 Å². The second-order valence-corrected chi connectivity index (χ2v) is 11.4. The number of esters is 1. The molecule has 0 amide bonds. The first-order valence-corrected chi connectivity index (χ1v) is 14.5. The lowest BCUT2D eigenvalue weighted by Gasteiger charge is -2.33. The van der Waals surface area contributed by atoms with Gasteiger partial charge in [-0.15, -0.1) is 0 Å². The van der Waals surface area contributed by atoms with Gasteiger partial charge in [-0.1, -0.05) is 24.3 Å². The molecule has 0 unspecified atom stereocenters. The maximum Gasteiger partial charge on any atom is 0.416 e. The van der Waals surface area contributed by atoms with Crippen molar-refractivity contribution < 1.29 is 27.4 Å². The molecular formula is C31H37F3N2O3S. The lowest BCUT2D eigenvalue weighted by atomic mass is 10.1. The van der Waals surface area contributed by atoms with E-state index in [-0.39, 0.29) is 5.97 Å². The van der Waals surface area contributed by atoms with Gasteiger partial charge in [-0.05, 0) is 96.8 Å². The molecule has 0 spiro atoms. The molecule has 3 aromatic carbocycles. The van der Waals surface area contributed by atoms with Crippen molar-refractivity contribution in [3.8, 4) is 5.75 Å². The molecular weight excluding hydrogens is 537 g/mol. The Kier molecular flexibility index (Phi) is 10.8. The van der Waals surface area contributed by atoms with Gasteiger partial charge in [0, 0.05) is 44.5 Å². The minimum atomic E-state index is -4.27. The van der Waals surface area contributed by atoms with Crippen molar-refractivity contribution in [3.05, 3.63) is 71.8 Å². The van der Waals surface area contributed by atoms with E-state index in [2.05, 4.69) is 50.3 Å². The van der Waals surface area contributed by atoms with Gasteiger partial charge in [-0.3, -0.25) is 4.79 Å². The van der Waals surface area contributed by atoms with Gasteiger partial charge in [0.2, 0.25) is 0 Å². The van der Waals surface area contributed by atoms with Crippen molar-refractivity contribution in [2.75, 3.05) is 39.8 Å². The molecule has 2 aliphatic rings. The summed E-state index contributed by atoms with van der Waals surface area (Å²) < 4.78 is 50.8. The first kappa shape index (κ1) is 30.2. The molecule has 1 aliphatic heterocycles. The van der Waals surface area contributed by atoms with Crippen LogP contribution < -0.4 is 4.74 Å². The van der Waals surface area contributed by atoms with E-state index in [0.717, 1.165) is 63.3 Å². The van der Waals surface area contributed by atoms with Gasteiger partial charge in [-0.2, -0.15) is 13.2 Å². The number of halogens is 3. The number of methoxy groups -OCH3 is 1. The second kappa shape index (κ2) is 14.2. The molecule has 2 fully saturated rings. The summed E-state index contributed by atoms with van der Waals surface area (Å²) in [5, 5.41) is 2.43. The van der Waals surface area contributed by atoms with Crippen LogP contribution in [0.3, 0.4) is 0 Å². The van der Waals surface area contributed by atoms with E-state index >= 15 is 0 Å². The van der Waals surface area contributed by atoms with Crippen LogP contribution in [0.2, 0.25) is 0 Å². The van der Waals surface area contributed by atoms with Gasteiger partial charge in [0.25, 0.3) is 0 Å². The molecule has 0 N–H and O–H groups in total. The molecule has 9 heteroatoms. The third-order valence-corrected chi connectivity index (χ3v) is 8.33. The summed E-state index contributed by atoms with van der Waals surface area (Å²) in [4.78, 5) is 13.2. The first-order chi connectivity index (χ1) is 19.2. The van der Waals surface area contributed by atoms with Crippen molar-refractivity contribution in [1.82, 2.24) is 9.21 Å². The molecule has 5 nitrogen and oxygen atoms in total. The van der Waals surface area contributed by atoms with Crippen molar-refractivity contribution >= 4 is 28.7 Å². The van der Waals surface area contributed by atoms with Gasteiger partial charge in [0.05, 0.1) is 18.8 Å². The average molecular weight is 575 g/mol. The molecule has 0 bridgehead atoms. The van der Waals surface area contributed by atoms with E-state index in [4.69, 9.17) is 4.74 Å². The van der Waals surface area contributed by atoms with Crippen LogP contribution in [0.1, 0.15) is 43.7 Å². The van der Waals surface area contributed by atoms with E-state index in [1.807, 2.05) is 0 Å². The summed E-state index contributed by atoms with van der Waals surface area (Å²) in [7, 11) is 1.35. The number of carbonyl (C=O) groups is 1. The molecule has 5 rings (SSSR count). The van der Waals surface area contributed by atoms with E-state index in [9.17, 15) is 18.0 Å². The van der Waals surface area contributed by atoms with Gasteiger partial charge in [0.1, 0.15) is 5.75 Å². The molecule has 40 heavy (non-hydrogen) atoms. The van der Waals surface area contributed by atoms with E-state index in [0.29, 0.717) is 6.10 Å². The number of fused-ring (bicyclic) bond motifs is 1. The lowest BCUT2D eigenvalue weighted by Crippen LogP contribution is -2.44. The molecule has 1 heterocycles. The normalized spacial score (nSPS) is 16.9. The minimum Gasteiger partial charge on any atom is -0.490 e. The van der Waals surface area contributed by atoms with Crippen LogP contribution in [0.15, 0.2) is 65.6 Å². The van der Waals surface area contributed by atoms with Crippen LogP contribution >= 0.6 is 11.9 Å².